The Morgan fingerprint density at radius 1 is 1.31 bits per heavy atom. The molecule has 0 saturated carbocycles. The molecule has 0 atom stereocenters. The second-order valence-corrected chi connectivity index (χ2v) is 3.67. The van der Waals surface area contributed by atoms with Crippen molar-refractivity contribution < 1.29 is 4.74 Å². The highest BCUT2D eigenvalue weighted by molar-refractivity contribution is 5.59. The predicted octanol–water partition coefficient (Wildman–Crippen LogP) is -1.22. The maximum absolute atomic E-state index is 11.7. The van der Waals surface area contributed by atoms with Gasteiger partial charge in [-0.2, -0.15) is 4.98 Å². The van der Waals surface area contributed by atoms with E-state index in [1.165, 1.54) is 4.57 Å². The minimum Gasteiger partial charge on any atom is -0.391 e. The van der Waals surface area contributed by atoms with Gasteiger partial charge in [-0.15, -0.1) is 0 Å². The molecule has 0 aliphatic carbocycles. The summed E-state index contributed by atoms with van der Waals surface area (Å²) < 4.78 is 6.65. The van der Waals surface area contributed by atoms with Gasteiger partial charge in [-0.3, -0.25) is 9.36 Å². The zero-order valence-electron chi connectivity index (χ0n) is 9.14. The lowest BCUT2D eigenvalue weighted by Gasteiger charge is -2.29. The molecule has 1 aliphatic heterocycles. The second kappa shape index (κ2) is 4.01. The van der Waals surface area contributed by atoms with Crippen LogP contribution in [0.1, 0.15) is 0 Å². The van der Waals surface area contributed by atoms with Crippen LogP contribution in [-0.4, -0.2) is 35.9 Å². The SMILES string of the molecule is Cn1c(N2CCOCC2)nc(N)c(N)c1=O. The Bertz CT molecular complexity index is 450. The van der Waals surface area contributed by atoms with Gasteiger partial charge in [0.25, 0.3) is 5.56 Å². The van der Waals surface area contributed by atoms with Crippen molar-refractivity contribution in [3.05, 3.63) is 10.4 Å². The normalized spacial score (nSPS) is 16.4. The first-order chi connectivity index (χ1) is 7.61. The van der Waals surface area contributed by atoms with Crippen molar-refractivity contribution in [2.75, 3.05) is 42.7 Å². The molecule has 0 aromatic carbocycles. The van der Waals surface area contributed by atoms with Crippen LogP contribution >= 0.6 is 0 Å². The molecule has 2 rings (SSSR count). The molecule has 88 valence electrons. The molecule has 1 aliphatic rings. The molecule has 0 spiro atoms. The van der Waals surface area contributed by atoms with Crippen molar-refractivity contribution >= 4 is 17.5 Å². The molecular weight excluding hydrogens is 210 g/mol. The van der Waals surface area contributed by atoms with Gasteiger partial charge in [0, 0.05) is 20.1 Å². The van der Waals surface area contributed by atoms with Crippen molar-refractivity contribution in [1.82, 2.24) is 9.55 Å². The molecule has 7 heteroatoms. The standard InChI is InChI=1S/C9H15N5O2/c1-13-8(15)6(10)7(11)12-9(13)14-2-4-16-5-3-14/h2-5,10-11H2,1H3. The van der Waals surface area contributed by atoms with E-state index in [0.717, 1.165) is 0 Å². The summed E-state index contributed by atoms with van der Waals surface area (Å²) in [5, 5.41) is 0. The molecule has 1 fully saturated rings. The summed E-state index contributed by atoms with van der Waals surface area (Å²) in [6.07, 6.45) is 0. The number of nitrogen functional groups attached to an aromatic ring is 2. The molecule has 1 saturated heterocycles. The fourth-order valence-corrected chi connectivity index (χ4v) is 1.67. The molecule has 1 aromatic heterocycles. The van der Waals surface area contributed by atoms with E-state index < -0.39 is 0 Å². The minimum absolute atomic E-state index is 0.000454. The molecule has 0 amide bonds. The Morgan fingerprint density at radius 3 is 2.56 bits per heavy atom. The number of rotatable bonds is 1. The molecule has 0 radical (unpaired) electrons. The van der Waals surface area contributed by atoms with Crippen molar-refractivity contribution in [3.8, 4) is 0 Å². The van der Waals surface area contributed by atoms with Gasteiger partial charge in [0.05, 0.1) is 13.2 Å². The Labute approximate surface area is 92.6 Å². The molecule has 4 N–H and O–H groups in total. The van der Waals surface area contributed by atoms with Gasteiger partial charge in [-0.25, -0.2) is 0 Å². The van der Waals surface area contributed by atoms with Crippen LogP contribution in [0.5, 0.6) is 0 Å². The third-order valence-corrected chi connectivity index (χ3v) is 2.63. The lowest BCUT2D eigenvalue weighted by atomic mass is 10.4. The van der Waals surface area contributed by atoms with Crippen molar-refractivity contribution in [1.29, 1.82) is 0 Å². The van der Waals surface area contributed by atoms with Crippen molar-refractivity contribution in [2.24, 2.45) is 7.05 Å². The third kappa shape index (κ3) is 1.69. The monoisotopic (exact) mass is 225 g/mol. The van der Waals surface area contributed by atoms with E-state index in [1.807, 2.05) is 4.90 Å². The van der Waals surface area contributed by atoms with E-state index in [0.29, 0.717) is 32.3 Å². The topological polar surface area (TPSA) is 99.4 Å². The fourth-order valence-electron chi connectivity index (χ4n) is 1.67. The summed E-state index contributed by atoms with van der Waals surface area (Å²) in [6, 6.07) is 0. The van der Waals surface area contributed by atoms with E-state index in [-0.39, 0.29) is 17.1 Å². The van der Waals surface area contributed by atoms with E-state index >= 15 is 0 Å². The zero-order valence-corrected chi connectivity index (χ0v) is 9.14. The first kappa shape index (κ1) is 10.7. The maximum Gasteiger partial charge on any atom is 0.280 e. The number of nitrogens with two attached hydrogens (primary N) is 2. The predicted molar refractivity (Wildman–Crippen MR) is 61.3 cm³/mol. The largest absolute Gasteiger partial charge is 0.391 e. The summed E-state index contributed by atoms with van der Waals surface area (Å²) >= 11 is 0. The highest BCUT2D eigenvalue weighted by Gasteiger charge is 2.18. The third-order valence-electron chi connectivity index (χ3n) is 2.63. The highest BCUT2D eigenvalue weighted by Crippen LogP contribution is 2.14. The Balaban J connectivity index is 2.44. The Kier molecular flexibility index (Phi) is 2.69. The lowest BCUT2D eigenvalue weighted by molar-refractivity contribution is 0.121. The average Bonchev–Trinajstić information content (AvgIpc) is 2.32. The van der Waals surface area contributed by atoms with Gasteiger partial charge < -0.3 is 21.1 Å². The van der Waals surface area contributed by atoms with Crippen molar-refractivity contribution in [2.45, 2.75) is 0 Å². The van der Waals surface area contributed by atoms with E-state index in [9.17, 15) is 4.79 Å². The van der Waals surface area contributed by atoms with Crippen LogP contribution in [0.25, 0.3) is 0 Å². The molecule has 7 nitrogen and oxygen atoms in total. The van der Waals surface area contributed by atoms with Crippen LogP contribution in [-0.2, 0) is 11.8 Å². The number of hydrogen-bond donors (Lipinski definition) is 2. The zero-order chi connectivity index (χ0) is 11.7. The van der Waals surface area contributed by atoms with Crippen LogP contribution in [0.3, 0.4) is 0 Å². The molecule has 1 aromatic rings. The van der Waals surface area contributed by atoms with Crippen molar-refractivity contribution in [3.63, 3.8) is 0 Å². The number of ether oxygens (including phenoxy) is 1. The first-order valence-electron chi connectivity index (χ1n) is 5.06. The van der Waals surface area contributed by atoms with E-state index in [4.69, 9.17) is 16.2 Å². The summed E-state index contributed by atoms with van der Waals surface area (Å²) in [6.45, 7) is 2.65. The molecular formula is C9H15N5O2. The van der Waals surface area contributed by atoms with Crippen LogP contribution in [0, 0.1) is 0 Å². The second-order valence-electron chi connectivity index (χ2n) is 3.67. The quantitative estimate of drug-likeness (QED) is 0.621. The Morgan fingerprint density at radius 2 is 1.94 bits per heavy atom. The van der Waals surface area contributed by atoms with Crippen LogP contribution in [0.2, 0.25) is 0 Å². The van der Waals surface area contributed by atoms with Gasteiger partial charge in [-0.1, -0.05) is 0 Å². The maximum atomic E-state index is 11.7. The molecule has 0 unspecified atom stereocenters. The number of nitrogens with zero attached hydrogens (tertiary/aromatic N) is 3. The van der Waals surface area contributed by atoms with Gasteiger partial charge in [0.1, 0.15) is 5.69 Å². The average molecular weight is 225 g/mol. The number of anilines is 3. The minimum atomic E-state index is -0.311. The number of aromatic nitrogens is 2. The van der Waals surface area contributed by atoms with Crippen LogP contribution in [0.15, 0.2) is 4.79 Å². The number of morpholine rings is 1. The van der Waals surface area contributed by atoms with E-state index in [1.54, 1.807) is 7.05 Å². The van der Waals surface area contributed by atoms with E-state index in [2.05, 4.69) is 4.98 Å². The number of hydrogen-bond acceptors (Lipinski definition) is 6. The van der Waals surface area contributed by atoms with Gasteiger partial charge >= 0.3 is 0 Å². The Hall–Kier alpha value is -1.76. The molecule has 2 heterocycles. The highest BCUT2D eigenvalue weighted by atomic mass is 16.5. The molecule has 16 heavy (non-hydrogen) atoms. The van der Waals surface area contributed by atoms with Crippen LogP contribution in [0.4, 0.5) is 17.5 Å². The summed E-state index contributed by atoms with van der Waals surface area (Å²) in [7, 11) is 1.63. The van der Waals surface area contributed by atoms with Gasteiger partial charge in [-0.05, 0) is 0 Å². The fraction of sp³-hybridized carbons (Fsp3) is 0.556. The van der Waals surface area contributed by atoms with Gasteiger partial charge in [0.15, 0.2) is 5.82 Å². The van der Waals surface area contributed by atoms with Gasteiger partial charge in [0.2, 0.25) is 5.95 Å². The first-order valence-corrected chi connectivity index (χ1v) is 5.06. The lowest BCUT2D eigenvalue weighted by Crippen LogP contribution is -2.40. The smallest absolute Gasteiger partial charge is 0.280 e. The van der Waals surface area contributed by atoms with Crippen LogP contribution < -0.4 is 21.9 Å². The summed E-state index contributed by atoms with van der Waals surface area (Å²) in [5.41, 5.74) is 10.8. The summed E-state index contributed by atoms with van der Waals surface area (Å²) in [5.74, 6) is 0.629. The summed E-state index contributed by atoms with van der Waals surface area (Å²) in [4.78, 5) is 17.8. The molecule has 0 bridgehead atoms.